The van der Waals surface area contributed by atoms with Crippen molar-refractivity contribution in [1.29, 1.82) is 0 Å². The molecule has 4 heteroatoms. The van der Waals surface area contributed by atoms with E-state index in [9.17, 15) is 14.4 Å². The molecule has 0 saturated heterocycles. The standard InChI is InChI=1S/C9H12O4/c1-6(10)13-5-9(12)7-3-2-4-8(7)11/h7H,2-5H2,1H3. The molecule has 1 atom stereocenters. The van der Waals surface area contributed by atoms with Gasteiger partial charge in [-0.1, -0.05) is 0 Å². The molecule has 1 fully saturated rings. The van der Waals surface area contributed by atoms with E-state index in [0.717, 1.165) is 6.42 Å². The average molecular weight is 184 g/mol. The van der Waals surface area contributed by atoms with E-state index in [-0.39, 0.29) is 18.2 Å². The first-order valence-electron chi connectivity index (χ1n) is 4.30. The summed E-state index contributed by atoms with van der Waals surface area (Å²) < 4.78 is 4.52. The number of hydrogen-bond donors (Lipinski definition) is 0. The van der Waals surface area contributed by atoms with Gasteiger partial charge in [-0.05, 0) is 12.8 Å². The van der Waals surface area contributed by atoms with Crippen LogP contribution in [-0.2, 0) is 19.1 Å². The van der Waals surface area contributed by atoms with Crippen LogP contribution in [0.1, 0.15) is 26.2 Å². The van der Waals surface area contributed by atoms with Gasteiger partial charge in [0.05, 0.1) is 5.92 Å². The van der Waals surface area contributed by atoms with Crippen LogP contribution >= 0.6 is 0 Å². The van der Waals surface area contributed by atoms with Gasteiger partial charge in [0.1, 0.15) is 5.78 Å². The van der Waals surface area contributed by atoms with Crippen molar-refractivity contribution in [2.45, 2.75) is 26.2 Å². The fourth-order valence-corrected chi connectivity index (χ4v) is 1.43. The number of rotatable bonds is 3. The maximum atomic E-state index is 11.3. The number of ether oxygens (including phenoxy) is 1. The Labute approximate surface area is 76.3 Å². The first-order valence-corrected chi connectivity index (χ1v) is 4.30. The van der Waals surface area contributed by atoms with E-state index in [2.05, 4.69) is 4.74 Å². The molecule has 1 rings (SSSR count). The fourth-order valence-electron chi connectivity index (χ4n) is 1.43. The summed E-state index contributed by atoms with van der Waals surface area (Å²) in [6, 6.07) is 0. The van der Waals surface area contributed by atoms with Crippen molar-refractivity contribution in [3.8, 4) is 0 Å². The second-order valence-electron chi connectivity index (χ2n) is 3.16. The lowest BCUT2D eigenvalue weighted by molar-refractivity contribution is -0.148. The van der Waals surface area contributed by atoms with Crippen LogP contribution in [0.3, 0.4) is 0 Å². The molecule has 0 aromatic rings. The largest absolute Gasteiger partial charge is 0.458 e. The quantitative estimate of drug-likeness (QED) is 0.473. The lowest BCUT2D eigenvalue weighted by Gasteiger charge is -2.05. The maximum absolute atomic E-state index is 11.3. The van der Waals surface area contributed by atoms with Crippen molar-refractivity contribution in [2.75, 3.05) is 6.61 Å². The normalized spacial score (nSPS) is 21.6. The molecule has 0 aromatic carbocycles. The zero-order valence-corrected chi connectivity index (χ0v) is 7.54. The van der Waals surface area contributed by atoms with Crippen LogP contribution in [0.5, 0.6) is 0 Å². The number of hydrogen-bond acceptors (Lipinski definition) is 4. The van der Waals surface area contributed by atoms with Crippen LogP contribution in [0.25, 0.3) is 0 Å². The van der Waals surface area contributed by atoms with Crippen molar-refractivity contribution in [1.82, 2.24) is 0 Å². The Kier molecular flexibility index (Phi) is 3.17. The average Bonchev–Trinajstić information content (AvgIpc) is 2.47. The molecule has 1 aliphatic rings. The first-order chi connectivity index (χ1) is 6.11. The number of esters is 1. The molecular formula is C9H12O4. The molecule has 13 heavy (non-hydrogen) atoms. The highest BCUT2D eigenvalue weighted by Gasteiger charge is 2.30. The highest BCUT2D eigenvalue weighted by molar-refractivity contribution is 6.04. The lowest BCUT2D eigenvalue weighted by atomic mass is 10.0. The molecule has 0 aromatic heterocycles. The van der Waals surface area contributed by atoms with E-state index in [1.807, 2.05) is 0 Å². The third-order valence-corrected chi connectivity index (χ3v) is 2.11. The minimum atomic E-state index is -0.514. The van der Waals surface area contributed by atoms with E-state index < -0.39 is 11.9 Å². The molecule has 0 heterocycles. The predicted octanol–water partition coefficient (Wildman–Crippen LogP) is 0.488. The summed E-state index contributed by atoms with van der Waals surface area (Å²) in [5.41, 5.74) is 0. The molecule has 0 N–H and O–H groups in total. The Morgan fingerprint density at radius 2 is 2.23 bits per heavy atom. The second-order valence-corrected chi connectivity index (χ2v) is 3.16. The van der Waals surface area contributed by atoms with Gasteiger partial charge in [-0.3, -0.25) is 14.4 Å². The molecule has 0 radical (unpaired) electrons. The summed E-state index contributed by atoms with van der Waals surface area (Å²) in [5, 5.41) is 0. The van der Waals surface area contributed by atoms with E-state index in [4.69, 9.17) is 0 Å². The molecule has 0 amide bonds. The van der Waals surface area contributed by atoms with Gasteiger partial charge in [0, 0.05) is 13.3 Å². The molecule has 0 aliphatic heterocycles. The Hall–Kier alpha value is -1.19. The van der Waals surface area contributed by atoms with Gasteiger partial charge >= 0.3 is 5.97 Å². The summed E-state index contributed by atoms with van der Waals surface area (Å²) in [6.45, 7) is 0.982. The second kappa shape index (κ2) is 4.16. The third-order valence-electron chi connectivity index (χ3n) is 2.11. The summed E-state index contributed by atoms with van der Waals surface area (Å²) in [5.74, 6) is -1.28. The minimum absolute atomic E-state index is 0.0165. The SMILES string of the molecule is CC(=O)OCC(=O)C1CCCC1=O. The van der Waals surface area contributed by atoms with E-state index in [1.165, 1.54) is 6.92 Å². The van der Waals surface area contributed by atoms with Gasteiger partial charge in [0.25, 0.3) is 0 Å². The smallest absolute Gasteiger partial charge is 0.303 e. The number of carbonyl (C=O) groups is 3. The van der Waals surface area contributed by atoms with Crippen LogP contribution in [-0.4, -0.2) is 24.1 Å². The molecule has 4 nitrogen and oxygen atoms in total. The number of ketones is 2. The van der Waals surface area contributed by atoms with Crippen molar-refractivity contribution >= 4 is 17.5 Å². The Bertz CT molecular complexity index is 244. The molecule has 72 valence electrons. The molecule has 1 aliphatic carbocycles. The molecule has 0 spiro atoms. The first kappa shape index (κ1) is 9.89. The molecule has 1 unspecified atom stereocenters. The summed E-state index contributed by atoms with van der Waals surface area (Å²) >= 11 is 0. The zero-order valence-electron chi connectivity index (χ0n) is 7.54. The van der Waals surface area contributed by atoms with E-state index in [0.29, 0.717) is 12.8 Å². The van der Waals surface area contributed by atoms with Gasteiger partial charge < -0.3 is 4.74 Å². The van der Waals surface area contributed by atoms with Gasteiger partial charge in [-0.15, -0.1) is 0 Å². The lowest BCUT2D eigenvalue weighted by Crippen LogP contribution is -2.24. The Morgan fingerprint density at radius 3 is 2.69 bits per heavy atom. The van der Waals surface area contributed by atoms with Crippen molar-refractivity contribution in [2.24, 2.45) is 5.92 Å². The van der Waals surface area contributed by atoms with Crippen LogP contribution in [0.4, 0.5) is 0 Å². The molecular weight excluding hydrogens is 172 g/mol. The zero-order chi connectivity index (χ0) is 9.84. The van der Waals surface area contributed by atoms with Crippen LogP contribution in [0, 0.1) is 5.92 Å². The van der Waals surface area contributed by atoms with Crippen LogP contribution < -0.4 is 0 Å². The minimum Gasteiger partial charge on any atom is -0.458 e. The predicted molar refractivity (Wildman–Crippen MR) is 44.0 cm³/mol. The maximum Gasteiger partial charge on any atom is 0.303 e. The molecule has 1 saturated carbocycles. The van der Waals surface area contributed by atoms with Gasteiger partial charge in [-0.2, -0.15) is 0 Å². The highest BCUT2D eigenvalue weighted by atomic mass is 16.5. The van der Waals surface area contributed by atoms with E-state index >= 15 is 0 Å². The summed E-state index contributed by atoms with van der Waals surface area (Å²) in [4.78, 5) is 32.7. The summed E-state index contributed by atoms with van der Waals surface area (Å²) in [7, 11) is 0. The van der Waals surface area contributed by atoms with Crippen molar-refractivity contribution in [3.63, 3.8) is 0 Å². The van der Waals surface area contributed by atoms with Crippen molar-refractivity contribution < 1.29 is 19.1 Å². The number of Topliss-reactive ketones (excluding diaryl/α,β-unsaturated/α-hetero) is 2. The van der Waals surface area contributed by atoms with Gasteiger partial charge in [-0.25, -0.2) is 0 Å². The fraction of sp³-hybridized carbons (Fsp3) is 0.667. The van der Waals surface area contributed by atoms with Crippen molar-refractivity contribution in [3.05, 3.63) is 0 Å². The summed E-state index contributed by atoms with van der Waals surface area (Å²) in [6.07, 6.45) is 1.87. The Morgan fingerprint density at radius 1 is 1.54 bits per heavy atom. The van der Waals surface area contributed by atoms with Gasteiger partial charge in [0.2, 0.25) is 0 Å². The van der Waals surface area contributed by atoms with Crippen LogP contribution in [0.15, 0.2) is 0 Å². The van der Waals surface area contributed by atoms with E-state index in [1.54, 1.807) is 0 Å². The van der Waals surface area contributed by atoms with Gasteiger partial charge in [0.15, 0.2) is 12.4 Å². The van der Waals surface area contributed by atoms with Crippen LogP contribution in [0.2, 0.25) is 0 Å². The monoisotopic (exact) mass is 184 g/mol. The molecule has 0 bridgehead atoms. The number of carbonyl (C=O) groups excluding carboxylic acids is 3. The highest BCUT2D eigenvalue weighted by Crippen LogP contribution is 2.21. The Balaban J connectivity index is 2.39. The third kappa shape index (κ3) is 2.65. The topological polar surface area (TPSA) is 60.4 Å².